The minimum Gasteiger partial charge on any atom is -0.377 e. The number of ether oxygens (including phenoxy) is 1. The van der Waals surface area contributed by atoms with Gasteiger partial charge in [-0.2, -0.15) is 0 Å². The average Bonchev–Trinajstić information content (AvgIpc) is 2.13. The Kier molecular flexibility index (Phi) is 3.10. The first-order valence-electron chi connectivity index (χ1n) is 6.29. The standard InChI is InChI=1S/C12H23BN2O/c1-4-10-9(11(2,13)14)5-6-12(15(10)3)7-16-8-12/h9-10H,4-8,14H2,1-3H3. The highest BCUT2D eigenvalue weighted by atomic mass is 16.5. The summed E-state index contributed by atoms with van der Waals surface area (Å²) in [4.78, 5) is 2.47. The summed E-state index contributed by atoms with van der Waals surface area (Å²) in [6.45, 7) is 5.92. The molecule has 2 saturated heterocycles. The molecule has 16 heavy (non-hydrogen) atoms. The zero-order chi connectivity index (χ0) is 12.0. The minimum atomic E-state index is -0.568. The Morgan fingerprint density at radius 3 is 2.56 bits per heavy atom. The molecule has 0 saturated carbocycles. The Bertz CT molecular complexity index is 260. The summed E-state index contributed by atoms with van der Waals surface area (Å²) in [6, 6.07) is 0.484. The number of nitrogens with zero attached hydrogens (tertiary/aromatic N) is 1. The van der Waals surface area contributed by atoms with E-state index in [-0.39, 0.29) is 5.54 Å². The first-order chi connectivity index (χ1) is 7.41. The van der Waals surface area contributed by atoms with Gasteiger partial charge in [0.2, 0.25) is 0 Å². The van der Waals surface area contributed by atoms with Gasteiger partial charge in [0, 0.05) is 6.04 Å². The Labute approximate surface area is 100 Å². The normalized spacial score (nSPS) is 38.0. The van der Waals surface area contributed by atoms with Crippen LogP contribution in [-0.2, 0) is 4.74 Å². The smallest absolute Gasteiger partial charge is 0.0951 e. The highest BCUT2D eigenvalue weighted by molar-refractivity contribution is 6.15. The van der Waals surface area contributed by atoms with Gasteiger partial charge >= 0.3 is 0 Å². The molecular formula is C12H23BN2O. The van der Waals surface area contributed by atoms with Crippen LogP contribution >= 0.6 is 0 Å². The largest absolute Gasteiger partial charge is 0.377 e. The van der Waals surface area contributed by atoms with Crippen molar-refractivity contribution in [3.05, 3.63) is 0 Å². The number of rotatable bonds is 2. The second-order valence-corrected chi connectivity index (χ2v) is 5.81. The van der Waals surface area contributed by atoms with Crippen molar-refractivity contribution in [2.45, 2.75) is 50.1 Å². The van der Waals surface area contributed by atoms with Gasteiger partial charge in [-0.05, 0) is 37.7 Å². The zero-order valence-electron chi connectivity index (χ0n) is 10.7. The van der Waals surface area contributed by atoms with Gasteiger partial charge in [-0.25, -0.2) is 0 Å². The molecule has 90 valence electrons. The maximum absolute atomic E-state index is 6.11. The molecular weight excluding hydrogens is 199 g/mol. The number of piperidine rings is 1. The minimum absolute atomic E-state index is 0.280. The number of nitrogens with two attached hydrogens (primary N) is 1. The van der Waals surface area contributed by atoms with E-state index >= 15 is 0 Å². The average molecular weight is 222 g/mol. The van der Waals surface area contributed by atoms with E-state index in [1.54, 1.807) is 0 Å². The molecule has 0 amide bonds. The fourth-order valence-electron chi connectivity index (χ4n) is 3.38. The fourth-order valence-corrected chi connectivity index (χ4v) is 3.38. The van der Waals surface area contributed by atoms with Crippen LogP contribution in [-0.4, -0.2) is 50.0 Å². The molecule has 3 nitrogen and oxygen atoms in total. The van der Waals surface area contributed by atoms with Crippen LogP contribution in [0.4, 0.5) is 0 Å². The summed E-state index contributed by atoms with van der Waals surface area (Å²) >= 11 is 0. The summed E-state index contributed by atoms with van der Waals surface area (Å²) in [5, 5.41) is 0. The number of hydrogen-bond acceptors (Lipinski definition) is 3. The maximum Gasteiger partial charge on any atom is 0.0951 e. The lowest BCUT2D eigenvalue weighted by Gasteiger charge is -2.58. The van der Waals surface area contributed by atoms with Gasteiger partial charge in [-0.15, -0.1) is 0 Å². The van der Waals surface area contributed by atoms with Gasteiger partial charge in [0.25, 0.3) is 0 Å². The first kappa shape index (κ1) is 12.4. The zero-order valence-corrected chi connectivity index (χ0v) is 10.7. The Morgan fingerprint density at radius 2 is 2.19 bits per heavy atom. The molecule has 0 aliphatic carbocycles. The van der Waals surface area contributed by atoms with Crippen molar-refractivity contribution in [2.24, 2.45) is 11.7 Å². The van der Waals surface area contributed by atoms with Gasteiger partial charge in [0.1, 0.15) is 0 Å². The molecule has 1 spiro atoms. The lowest BCUT2D eigenvalue weighted by atomic mass is 9.61. The summed E-state index contributed by atoms with van der Waals surface area (Å²) in [5.74, 6) is 0.383. The van der Waals surface area contributed by atoms with E-state index in [0.29, 0.717) is 12.0 Å². The monoisotopic (exact) mass is 222 g/mol. The van der Waals surface area contributed by atoms with E-state index in [0.717, 1.165) is 32.5 Å². The van der Waals surface area contributed by atoms with Crippen LogP contribution in [0.1, 0.15) is 33.1 Å². The lowest BCUT2D eigenvalue weighted by molar-refractivity contribution is -0.176. The van der Waals surface area contributed by atoms with Crippen LogP contribution in [0.5, 0.6) is 0 Å². The van der Waals surface area contributed by atoms with Gasteiger partial charge in [0.15, 0.2) is 0 Å². The highest BCUT2D eigenvalue weighted by Crippen LogP contribution is 2.42. The Hall–Kier alpha value is -0.0551. The second kappa shape index (κ2) is 4.00. The van der Waals surface area contributed by atoms with Crippen molar-refractivity contribution >= 4 is 7.85 Å². The molecule has 0 aromatic carbocycles. The molecule has 2 radical (unpaired) electrons. The maximum atomic E-state index is 6.11. The summed E-state index contributed by atoms with van der Waals surface area (Å²) in [7, 11) is 8.31. The Morgan fingerprint density at radius 1 is 1.56 bits per heavy atom. The fraction of sp³-hybridized carbons (Fsp3) is 1.00. The number of hydrogen-bond donors (Lipinski definition) is 1. The SMILES string of the molecule is [B]C(C)(N)C1CCC2(COC2)N(C)C1CC. The molecule has 2 rings (SSSR count). The summed E-state index contributed by atoms with van der Waals surface area (Å²) < 4.78 is 5.40. The number of likely N-dealkylation sites (tertiary alicyclic amines) is 1. The highest BCUT2D eigenvalue weighted by Gasteiger charge is 2.51. The van der Waals surface area contributed by atoms with Gasteiger partial charge in [-0.3, -0.25) is 4.90 Å². The molecule has 2 heterocycles. The molecule has 3 unspecified atom stereocenters. The number of likely N-dealkylation sites (N-methyl/N-ethyl adjacent to an activating group) is 1. The lowest BCUT2D eigenvalue weighted by Crippen LogP contribution is -2.70. The predicted octanol–water partition coefficient (Wildman–Crippen LogP) is 0.719. The van der Waals surface area contributed by atoms with Crippen LogP contribution in [0.3, 0.4) is 0 Å². The van der Waals surface area contributed by atoms with Crippen molar-refractivity contribution in [1.29, 1.82) is 0 Å². The van der Waals surface area contributed by atoms with Crippen molar-refractivity contribution in [3.63, 3.8) is 0 Å². The molecule has 0 aromatic rings. The third-order valence-corrected chi connectivity index (χ3v) is 4.59. The molecule has 2 aliphatic heterocycles. The van der Waals surface area contributed by atoms with E-state index in [4.69, 9.17) is 18.3 Å². The van der Waals surface area contributed by atoms with Crippen LogP contribution in [0, 0.1) is 5.92 Å². The predicted molar refractivity (Wildman–Crippen MR) is 66.5 cm³/mol. The van der Waals surface area contributed by atoms with Crippen LogP contribution in [0.2, 0.25) is 0 Å². The third-order valence-electron chi connectivity index (χ3n) is 4.59. The summed E-state index contributed by atoms with van der Waals surface area (Å²) in [5.41, 5.74) is 5.82. The molecule has 2 fully saturated rings. The van der Waals surface area contributed by atoms with E-state index in [1.807, 2.05) is 6.92 Å². The van der Waals surface area contributed by atoms with E-state index in [9.17, 15) is 0 Å². The quantitative estimate of drug-likeness (QED) is 0.699. The van der Waals surface area contributed by atoms with E-state index < -0.39 is 5.44 Å². The van der Waals surface area contributed by atoms with Crippen molar-refractivity contribution in [1.82, 2.24) is 4.90 Å². The van der Waals surface area contributed by atoms with Crippen molar-refractivity contribution < 1.29 is 4.74 Å². The van der Waals surface area contributed by atoms with E-state index in [1.165, 1.54) is 0 Å². The third kappa shape index (κ3) is 1.81. The van der Waals surface area contributed by atoms with Crippen molar-refractivity contribution in [3.8, 4) is 0 Å². The second-order valence-electron chi connectivity index (χ2n) is 5.81. The first-order valence-corrected chi connectivity index (χ1v) is 6.29. The van der Waals surface area contributed by atoms with Crippen LogP contribution in [0.15, 0.2) is 0 Å². The van der Waals surface area contributed by atoms with Crippen LogP contribution in [0.25, 0.3) is 0 Å². The molecule has 3 atom stereocenters. The molecule has 4 heteroatoms. The molecule has 0 aromatic heterocycles. The van der Waals surface area contributed by atoms with E-state index in [2.05, 4.69) is 18.9 Å². The molecule has 2 aliphatic rings. The Balaban J connectivity index is 2.16. The van der Waals surface area contributed by atoms with Gasteiger partial charge in [-0.1, -0.05) is 13.8 Å². The van der Waals surface area contributed by atoms with Gasteiger partial charge < -0.3 is 10.5 Å². The van der Waals surface area contributed by atoms with Crippen LogP contribution < -0.4 is 5.73 Å². The van der Waals surface area contributed by atoms with Gasteiger partial charge in [0.05, 0.1) is 26.6 Å². The summed E-state index contributed by atoms with van der Waals surface area (Å²) in [6.07, 6.45) is 3.39. The topological polar surface area (TPSA) is 38.5 Å². The molecule has 2 N–H and O–H groups in total. The van der Waals surface area contributed by atoms with Crippen molar-refractivity contribution in [2.75, 3.05) is 20.3 Å². The molecule has 0 bridgehead atoms.